The average molecular weight is 352 g/mol. The number of hydrogen-bond donors (Lipinski definition) is 2. The molecule has 0 aliphatic heterocycles. The third-order valence-corrected chi connectivity index (χ3v) is 4.10. The molecule has 0 unspecified atom stereocenters. The lowest BCUT2D eigenvalue weighted by molar-refractivity contribution is 0.0936. The maximum atomic E-state index is 12.3. The highest BCUT2D eigenvalue weighted by atomic mass is 16.2. The number of nitrogens with one attached hydrogen (secondary N) is 2. The third kappa shape index (κ3) is 5.45. The topological polar surface area (TPSA) is 58.2 Å². The average Bonchev–Trinajstić information content (AvgIpc) is 2.59. The fourth-order valence-electron chi connectivity index (χ4n) is 2.53. The van der Waals surface area contributed by atoms with Crippen molar-refractivity contribution < 1.29 is 9.59 Å². The summed E-state index contributed by atoms with van der Waals surface area (Å²) < 4.78 is 0. The largest absolute Gasteiger partial charge is 0.350 e. The predicted molar refractivity (Wildman–Crippen MR) is 105 cm³/mol. The quantitative estimate of drug-likeness (QED) is 0.853. The van der Waals surface area contributed by atoms with Gasteiger partial charge in [-0.3, -0.25) is 9.59 Å². The Morgan fingerprint density at radius 2 is 1.35 bits per heavy atom. The molecule has 2 amide bonds. The fraction of sp³-hybridized carbons (Fsp3) is 0.364. The first-order valence-electron chi connectivity index (χ1n) is 8.95. The maximum absolute atomic E-state index is 12.3. The molecular weight excluding hydrogens is 324 g/mol. The standard InChI is InChI=1S/C22H28N2O2/c1-15(2)24-21(26)18-8-6-16(7-9-18)14-23-20(25)17-10-12-19(13-11-17)22(3,4)5/h6-13,15H,14H2,1-5H3,(H,23,25)(H,24,26). The molecule has 0 spiro atoms. The van der Waals surface area contributed by atoms with E-state index in [4.69, 9.17) is 0 Å². The molecule has 0 bridgehead atoms. The molecule has 26 heavy (non-hydrogen) atoms. The Morgan fingerprint density at radius 3 is 1.85 bits per heavy atom. The zero-order chi connectivity index (χ0) is 19.3. The van der Waals surface area contributed by atoms with Crippen molar-refractivity contribution in [2.45, 2.75) is 52.6 Å². The van der Waals surface area contributed by atoms with Crippen molar-refractivity contribution in [1.82, 2.24) is 10.6 Å². The van der Waals surface area contributed by atoms with E-state index in [1.807, 2.05) is 50.2 Å². The van der Waals surface area contributed by atoms with Crippen LogP contribution in [0.1, 0.15) is 66.5 Å². The Bertz CT molecular complexity index is 754. The molecule has 0 fully saturated rings. The Balaban J connectivity index is 1.94. The number of amides is 2. The summed E-state index contributed by atoms with van der Waals surface area (Å²) >= 11 is 0. The molecule has 2 aromatic carbocycles. The van der Waals surface area contributed by atoms with Gasteiger partial charge in [0.05, 0.1) is 0 Å². The Labute approximate surface area is 156 Å². The van der Waals surface area contributed by atoms with Crippen molar-refractivity contribution in [3.63, 3.8) is 0 Å². The van der Waals surface area contributed by atoms with Gasteiger partial charge in [-0.1, -0.05) is 45.0 Å². The molecular formula is C22H28N2O2. The molecule has 2 aromatic rings. The van der Waals surface area contributed by atoms with E-state index in [2.05, 4.69) is 31.4 Å². The van der Waals surface area contributed by atoms with E-state index in [-0.39, 0.29) is 23.3 Å². The molecule has 2 N–H and O–H groups in total. The van der Waals surface area contributed by atoms with Gasteiger partial charge < -0.3 is 10.6 Å². The van der Waals surface area contributed by atoms with Gasteiger partial charge in [-0.25, -0.2) is 0 Å². The highest BCUT2D eigenvalue weighted by Crippen LogP contribution is 2.22. The predicted octanol–water partition coefficient (Wildman–Crippen LogP) is 4.05. The normalized spacial score (nSPS) is 11.3. The molecule has 138 valence electrons. The van der Waals surface area contributed by atoms with Gasteiger partial charge in [0.2, 0.25) is 0 Å². The second-order valence-corrected chi connectivity index (χ2v) is 7.84. The number of hydrogen-bond acceptors (Lipinski definition) is 2. The molecule has 4 heteroatoms. The van der Waals surface area contributed by atoms with E-state index < -0.39 is 0 Å². The fourth-order valence-corrected chi connectivity index (χ4v) is 2.53. The van der Waals surface area contributed by atoms with Crippen LogP contribution in [0.4, 0.5) is 0 Å². The van der Waals surface area contributed by atoms with Crippen molar-refractivity contribution in [2.24, 2.45) is 0 Å². The highest BCUT2D eigenvalue weighted by Gasteiger charge is 2.14. The van der Waals surface area contributed by atoms with E-state index in [1.165, 1.54) is 5.56 Å². The number of carbonyl (C=O) groups is 2. The maximum Gasteiger partial charge on any atom is 0.251 e. The summed E-state index contributed by atoms with van der Waals surface area (Å²) in [5.41, 5.74) is 3.48. The van der Waals surface area contributed by atoms with Gasteiger partial charge in [-0.15, -0.1) is 0 Å². The molecule has 0 aliphatic carbocycles. The second kappa shape index (κ2) is 8.17. The summed E-state index contributed by atoms with van der Waals surface area (Å²) in [6.45, 7) is 10.7. The zero-order valence-electron chi connectivity index (χ0n) is 16.2. The smallest absolute Gasteiger partial charge is 0.251 e. The van der Waals surface area contributed by atoms with Crippen molar-refractivity contribution >= 4 is 11.8 Å². The summed E-state index contributed by atoms with van der Waals surface area (Å²) in [4.78, 5) is 24.2. The summed E-state index contributed by atoms with van der Waals surface area (Å²) in [5, 5.41) is 5.77. The van der Waals surface area contributed by atoms with Gasteiger partial charge in [0.25, 0.3) is 11.8 Å². The molecule has 0 aromatic heterocycles. The third-order valence-electron chi connectivity index (χ3n) is 4.10. The lowest BCUT2D eigenvalue weighted by Gasteiger charge is -2.19. The summed E-state index contributed by atoms with van der Waals surface area (Å²) in [7, 11) is 0. The first-order valence-corrected chi connectivity index (χ1v) is 8.95. The number of carbonyl (C=O) groups excluding carboxylic acids is 2. The minimum absolute atomic E-state index is 0.0681. The molecule has 0 heterocycles. The van der Waals surface area contributed by atoms with Crippen LogP contribution in [0.5, 0.6) is 0 Å². The molecule has 2 rings (SSSR count). The summed E-state index contributed by atoms with van der Waals surface area (Å²) in [5.74, 6) is -0.193. The van der Waals surface area contributed by atoms with Crippen LogP contribution in [0.25, 0.3) is 0 Å². The number of rotatable bonds is 5. The van der Waals surface area contributed by atoms with Crippen molar-refractivity contribution in [3.05, 3.63) is 70.8 Å². The van der Waals surface area contributed by atoms with Gasteiger partial charge in [0.15, 0.2) is 0 Å². The van der Waals surface area contributed by atoms with Crippen LogP contribution in [0.3, 0.4) is 0 Å². The van der Waals surface area contributed by atoms with Crippen molar-refractivity contribution in [1.29, 1.82) is 0 Å². The Morgan fingerprint density at radius 1 is 0.846 bits per heavy atom. The van der Waals surface area contributed by atoms with Crippen LogP contribution in [0.15, 0.2) is 48.5 Å². The van der Waals surface area contributed by atoms with Crippen molar-refractivity contribution in [3.8, 4) is 0 Å². The van der Waals surface area contributed by atoms with Crippen molar-refractivity contribution in [2.75, 3.05) is 0 Å². The van der Waals surface area contributed by atoms with E-state index in [0.717, 1.165) is 5.56 Å². The SMILES string of the molecule is CC(C)NC(=O)c1ccc(CNC(=O)c2ccc(C(C)(C)C)cc2)cc1. The van der Waals surface area contributed by atoms with Crippen LogP contribution in [0, 0.1) is 0 Å². The van der Waals surface area contributed by atoms with Crippen LogP contribution < -0.4 is 10.6 Å². The van der Waals surface area contributed by atoms with E-state index >= 15 is 0 Å². The van der Waals surface area contributed by atoms with Gasteiger partial charge >= 0.3 is 0 Å². The molecule has 0 saturated carbocycles. The minimum atomic E-state index is -0.105. The highest BCUT2D eigenvalue weighted by molar-refractivity contribution is 5.95. The van der Waals surface area contributed by atoms with Gasteiger partial charge in [0, 0.05) is 23.7 Å². The molecule has 0 saturated heterocycles. The summed E-state index contributed by atoms with van der Waals surface area (Å²) in [6, 6.07) is 15.1. The van der Waals surface area contributed by atoms with E-state index in [9.17, 15) is 9.59 Å². The molecule has 0 atom stereocenters. The lowest BCUT2D eigenvalue weighted by Crippen LogP contribution is -2.30. The van der Waals surface area contributed by atoms with Crippen LogP contribution in [0.2, 0.25) is 0 Å². The van der Waals surface area contributed by atoms with E-state index in [0.29, 0.717) is 17.7 Å². The molecule has 4 nitrogen and oxygen atoms in total. The Hall–Kier alpha value is -2.62. The van der Waals surface area contributed by atoms with Crippen LogP contribution >= 0.6 is 0 Å². The Kier molecular flexibility index (Phi) is 6.19. The zero-order valence-corrected chi connectivity index (χ0v) is 16.2. The monoisotopic (exact) mass is 352 g/mol. The minimum Gasteiger partial charge on any atom is -0.350 e. The molecule has 0 radical (unpaired) electrons. The first kappa shape index (κ1) is 19.7. The van der Waals surface area contributed by atoms with Crippen LogP contribution in [-0.2, 0) is 12.0 Å². The summed E-state index contributed by atoms with van der Waals surface area (Å²) in [6.07, 6.45) is 0. The van der Waals surface area contributed by atoms with Gasteiger partial charge in [-0.05, 0) is 54.7 Å². The van der Waals surface area contributed by atoms with Gasteiger partial charge in [0.1, 0.15) is 0 Å². The molecule has 0 aliphatic rings. The van der Waals surface area contributed by atoms with E-state index in [1.54, 1.807) is 12.1 Å². The van der Waals surface area contributed by atoms with Crippen LogP contribution in [-0.4, -0.2) is 17.9 Å². The lowest BCUT2D eigenvalue weighted by atomic mass is 9.87. The second-order valence-electron chi connectivity index (χ2n) is 7.84. The number of benzene rings is 2. The van der Waals surface area contributed by atoms with Gasteiger partial charge in [-0.2, -0.15) is 0 Å². The first-order chi connectivity index (χ1) is 12.2.